The van der Waals surface area contributed by atoms with Gasteiger partial charge in [-0.15, -0.1) is 0 Å². The van der Waals surface area contributed by atoms with E-state index >= 15 is 0 Å². The van der Waals surface area contributed by atoms with E-state index in [9.17, 15) is 9.90 Å². The molecule has 0 fully saturated rings. The maximum atomic E-state index is 11.3. The summed E-state index contributed by atoms with van der Waals surface area (Å²) < 4.78 is 0. The predicted molar refractivity (Wildman–Crippen MR) is 85.4 cm³/mol. The van der Waals surface area contributed by atoms with Crippen molar-refractivity contribution in [2.75, 3.05) is 5.32 Å². The molecule has 21 heavy (non-hydrogen) atoms. The van der Waals surface area contributed by atoms with Gasteiger partial charge in [-0.3, -0.25) is 0 Å². The molecule has 0 aliphatic carbocycles. The molecule has 3 rings (SSSR count). The zero-order chi connectivity index (χ0) is 14.8. The number of hydrogen-bond acceptors (Lipinski definition) is 2. The molecular formula is C18H15NO2. The quantitative estimate of drug-likeness (QED) is 0.736. The van der Waals surface area contributed by atoms with Gasteiger partial charge in [-0.25, -0.2) is 4.79 Å². The van der Waals surface area contributed by atoms with Crippen LogP contribution in [-0.2, 0) is 0 Å². The first kappa shape index (κ1) is 13.2. The molecule has 0 unspecified atom stereocenters. The topological polar surface area (TPSA) is 49.3 Å². The van der Waals surface area contributed by atoms with Crippen LogP contribution in [0.5, 0.6) is 0 Å². The van der Waals surface area contributed by atoms with Gasteiger partial charge in [-0.2, -0.15) is 0 Å². The Morgan fingerprint density at radius 1 is 0.952 bits per heavy atom. The fourth-order valence-electron chi connectivity index (χ4n) is 2.37. The van der Waals surface area contributed by atoms with Gasteiger partial charge in [0.15, 0.2) is 0 Å². The van der Waals surface area contributed by atoms with Crippen LogP contribution in [0.3, 0.4) is 0 Å². The third-order valence-corrected chi connectivity index (χ3v) is 3.43. The fourth-order valence-corrected chi connectivity index (χ4v) is 2.37. The van der Waals surface area contributed by atoms with Gasteiger partial charge in [0.1, 0.15) is 0 Å². The Hall–Kier alpha value is -2.81. The van der Waals surface area contributed by atoms with E-state index in [1.165, 1.54) is 0 Å². The van der Waals surface area contributed by atoms with Crippen molar-refractivity contribution >= 4 is 28.1 Å². The molecule has 0 heterocycles. The van der Waals surface area contributed by atoms with Crippen molar-refractivity contribution < 1.29 is 9.90 Å². The van der Waals surface area contributed by atoms with Gasteiger partial charge in [0.25, 0.3) is 0 Å². The zero-order valence-electron chi connectivity index (χ0n) is 11.6. The van der Waals surface area contributed by atoms with Crippen LogP contribution in [0.1, 0.15) is 15.9 Å². The highest BCUT2D eigenvalue weighted by atomic mass is 16.4. The number of rotatable bonds is 3. The molecule has 0 atom stereocenters. The summed E-state index contributed by atoms with van der Waals surface area (Å²) in [5.41, 5.74) is 2.68. The van der Waals surface area contributed by atoms with Crippen LogP contribution in [-0.4, -0.2) is 11.1 Å². The number of nitrogens with one attached hydrogen (secondary N) is 1. The Bertz CT molecular complexity index is 824. The molecule has 0 spiro atoms. The monoisotopic (exact) mass is 277 g/mol. The minimum atomic E-state index is -0.929. The van der Waals surface area contributed by atoms with Crippen molar-refractivity contribution in [1.29, 1.82) is 0 Å². The standard InChI is InChI=1S/C18H15NO2/c1-12-6-9-17(16(10-12)18(20)21)19-15-8-7-13-4-2-3-5-14(13)11-15/h2-11,19H,1H3,(H,20,21). The Balaban J connectivity index is 2.00. The molecule has 0 saturated heterocycles. The number of carboxylic acid groups (broad SMARTS) is 1. The fraction of sp³-hybridized carbons (Fsp3) is 0.0556. The first-order valence-electron chi connectivity index (χ1n) is 6.73. The molecule has 0 aliphatic heterocycles. The van der Waals surface area contributed by atoms with Gasteiger partial charge in [-0.05, 0) is 42.0 Å². The molecule has 3 aromatic rings. The third kappa shape index (κ3) is 2.72. The molecule has 3 aromatic carbocycles. The molecule has 0 aliphatic rings. The van der Waals surface area contributed by atoms with Crippen molar-refractivity contribution in [2.24, 2.45) is 0 Å². The van der Waals surface area contributed by atoms with Crippen molar-refractivity contribution in [3.05, 3.63) is 71.8 Å². The molecule has 3 nitrogen and oxygen atoms in total. The Morgan fingerprint density at radius 3 is 2.48 bits per heavy atom. The van der Waals surface area contributed by atoms with Gasteiger partial charge in [0.2, 0.25) is 0 Å². The van der Waals surface area contributed by atoms with Gasteiger partial charge in [-0.1, -0.05) is 42.0 Å². The van der Waals surface area contributed by atoms with Crippen LogP contribution in [0, 0.1) is 6.92 Å². The number of aromatic carboxylic acids is 1. The molecule has 104 valence electrons. The number of carbonyl (C=O) groups is 1. The van der Waals surface area contributed by atoms with Crippen LogP contribution in [0.25, 0.3) is 10.8 Å². The summed E-state index contributed by atoms with van der Waals surface area (Å²) in [6, 6.07) is 19.4. The highest BCUT2D eigenvalue weighted by Crippen LogP contribution is 2.25. The molecule has 0 bridgehead atoms. The van der Waals surface area contributed by atoms with Crippen LogP contribution in [0.4, 0.5) is 11.4 Å². The molecule has 0 amide bonds. The number of aryl methyl sites for hydroxylation is 1. The number of carboxylic acids is 1. The van der Waals surface area contributed by atoms with Crippen molar-refractivity contribution in [2.45, 2.75) is 6.92 Å². The lowest BCUT2D eigenvalue weighted by molar-refractivity contribution is 0.0698. The first-order chi connectivity index (χ1) is 10.1. The summed E-state index contributed by atoms with van der Waals surface area (Å²) in [6.07, 6.45) is 0. The second-order valence-corrected chi connectivity index (χ2v) is 5.04. The van der Waals surface area contributed by atoms with Crippen molar-refractivity contribution in [1.82, 2.24) is 0 Å². The van der Waals surface area contributed by atoms with Crippen LogP contribution in [0.15, 0.2) is 60.7 Å². The van der Waals surface area contributed by atoms with E-state index < -0.39 is 5.97 Å². The number of benzene rings is 3. The molecular weight excluding hydrogens is 262 g/mol. The summed E-state index contributed by atoms with van der Waals surface area (Å²) in [7, 11) is 0. The Labute approximate surface area is 122 Å². The van der Waals surface area contributed by atoms with E-state index in [4.69, 9.17) is 0 Å². The van der Waals surface area contributed by atoms with Gasteiger partial charge in [0.05, 0.1) is 11.3 Å². The van der Waals surface area contributed by atoms with E-state index in [0.29, 0.717) is 5.69 Å². The second kappa shape index (κ2) is 5.29. The average Bonchev–Trinajstić information content (AvgIpc) is 2.49. The SMILES string of the molecule is Cc1ccc(Nc2ccc3ccccc3c2)c(C(=O)O)c1. The Kier molecular flexibility index (Phi) is 3.32. The van der Waals surface area contributed by atoms with Crippen LogP contribution >= 0.6 is 0 Å². The van der Waals surface area contributed by atoms with E-state index in [0.717, 1.165) is 22.0 Å². The Morgan fingerprint density at radius 2 is 1.71 bits per heavy atom. The predicted octanol–water partition coefficient (Wildman–Crippen LogP) is 4.59. The minimum absolute atomic E-state index is 0.281. The second-order valence-electron chi connectivity index (χ2n) is 5.04. The third-order valence-electron chi connectivity index (χ3n) is 3.43. The summed E-state index contributed by atoms with van der Waals surface area (Å²) in [5.74, 6) is -0.929. The summed E-state index contributed by atoms with van der Waals surface area (Å²) in [4.78, 5) is 11.3. The number of anilines is 2. The van der Waals surface area contributed by atoms with Gasteiger partial charge < -0.3 is 10.4 Å². The van der Waals surface area contributed by atoms with Gasteiger partial charge in [0, 0.05) is 5.69 Å². The van der Waals surface area contributed by atoms with Crippen molar-refractivity contribution in [3.8, 4) is 0 Å². The molecule has 0 saturated carbocycles. The highest BCUT2D eigenvalue weighted by molar-refractivity contribution is 5.96. The average molecular weight is 277 g/mol. The normalized spacial score (nSPS) is 10.5. The van der Waals surface area contributed by atoms with E-state index in [-0.39, 0.29) is 5.56 Å². The smallest absolute Gasteiger partial charge is 0.337 e. The van der Waals surface area contributed by atoms with E-state index in [1.807, 2.05) is 55.5 Å². The summed E-state index contributed by atoms with van der Waals surface area (Å²) in [6.45, 7) is 1.88. The summed E-state index contributed by atoms with van der Waals surface area (Å²) >= 11 is 0. The number of hydrogen-bond donors (Lipinski definition) is 2. The van der Waals surface area contributed by atoms with Crippen molar-refractivity contribution in [3.63, 3.8) is 0 Å². The molecule has 0 radical (unpaired) electrons. The maximum absolute atomic E-state index is 11.3. The highest BCUT2D eigenvalue weighted by Gasteiger charge is 2.10. The summed E-state index contributed by atoms with van der Waals surface area (Å²) in [5, 5.41) is 14.8. The largest absolute Gasteiger partial charge is 0.478 e. The van der Waals surface area contributed by atoms with Crippen LogP contribution in [0.2, 0.25) is 0 Å². The van der Waals surface area contributed by atoms with Crippen LogP contribution < -0.4 is 5.32 Å². The van der Waals surface area contributed by atoms with Gasteiger partial charge >= 0.3 is 5.97 Å². The lowest BCUT2D eigenvalue weighted by Gasteiger charge is -2.11. The molecule has 2 N–H and O–H groups in total. The lowest BCUT2D eigenvalue weighted by atomic mass is 10.1. The minimum Gasteiger partial charge on any atom is -0.478 e. The van der Waals surface area contributed by atoms with E-state index in [1.54, 1.807) is 12.1 Å². The lowest BCUT2D eigenvalue weighted by Crippen LogP contribution is -2.03. The van der Waals surface area contributed by atoms with E-state index in [2.05, 4.69) is 5.32 Å². The molecule has 3 heteroatoms. The zero-order valence-corrected chi connectivity index (χ0v) is 11.6. The maximum Gasteiger partial charge on any atom is 0.337 e. The first-order valence-corrected chi connectivity index (χ1v) is 6.73. The number of fused-ring (bicyclic) bond motifs is 1. The molecule has 0 aromatic heterocycles.